The predicted octanol–water partition coefficient (Wildman–Crippen LogP) is 5.02. The van der Waals surface area contributed by atoms with Gasteiger partial charge in [0.05, 0.1) is 22.8 Å². The largest absolute Gasteiger partial charge is 0.305 e. The Bertz CT molecular complexity index is 1410. The third kappa shape index (κ3) is 4.31. The first-order valence-electron chi connectivity index (χ1n) is 11.1. The van der Waals surface area contributed by atoms with Gasteiger partial charge in [0, 0.05) is 16.9 Å². The van der Waals surface area contributed by atoms with Crippen LogP contribution in [0.2, 0.25) is 0 Å². The van der Waals surface area contributed by atoms with Gasteiger partial charge in [0.1, 0.15) is 5.82 Å². The van der Waals surface area contributed by atoms with Crippen molar-refractivity contribution in [1.82, 2.24) is 19.6 Å². The van der Waals surface area contributed by atoms with Crippen LogP contribution in [0.3, 0.4) is 0 Å². The molecule has 0 atom stereocenters. The molecule has 2 aromatic heterocycles. The number of amides is 1. The van der Waals surface area contributed by atoms with Crippen LogP contribution in [0.5, 0.6) is 0 Å². The highest BCUT2D eigenvalue weighted by Crippen LogP contribution is 2.27. The van der Waals surface area contributed by atoms with Gasteiger partial charge in [-0.25, -0.2) is 9.36 Å². The van der Waals surface area contributed by atoms with Crippen molar-refractivity contribution in [2.45, 2.75) is 53.0 Å². The highest BCUT2D eigenvalue weighted by Gasteiger charge is 2.24. The normalized spacial score (nSPS) is 11.8. The van der Waals surface area contributed by atoms with Crippen LogP contribution in [0.25, 0.3) is 16.5 Å². The Morgan fingerprint density at radius 2 is 1.67 bits per heavy atom. The average molecular weight is 444 g/mol. The number of nitrogens with zero attached hydrogens (tertiary/aromatic N) is 4. The van der Waals surface area contributed by atoms with Crippen molar-refractivity contribution in [1.29, 1.82) is 0 Å². The van der Waals surface area contributed by atoms with Crippen molar-refractivity contribution in [3.63, 3.8) is 0 Å². The van der Waals surface area contributed by atoms with Gasteiger partial charge in [-0.05, 0) is 44.5 Å². The summed E-state index contributed by atoms with van der Waals surface area (Å²) in [4.78, 5) is 26.3. The molecule has 0 fully saturated rings. The smallest absolute Gasteiger partial charge is 0.277 e. The van der Waals surface area contributed by atoms with Crippen molar-refractivity contribution in [3.8, 4) is 5.69 Å². The number of hydrogen-bond acceptors (Lipinski definition) is 4. The van der Waals surface area contributed by atoms with E-state index in [9.17, 15) is 9.59 Å². The van der Waals surface area contributed by atoms with Gasteiger partial charge < -0.3 is 5.32 Å². The molecule has 0 bridgehead atoms. The Kier molecular flexibility index (Phi) is 5.66. The summed E-state index contributed by atoms with van der Waals surface area (Å²) in [6, 6.07) is 16.7. The summed E-state index contributed by atoms with van der Waals surface area (Å²) in [6.07, 6.45) is 0. The summed E-state index contributed by atoms with van der Waals surface area (Å²) in [5.74, 6) is 0.151. The summed E-state index contributed by atoms with van der Waals surface area (Å²) in [5.41, 5.74) is 2.58. The summed E-state index contributed by atoms with van der Waals surface area (Å²) < 4.78 is 3.10. The van der Waals surface area contributed by atoms with Crippen molar-refractivity contribution >= 4 is 22.5 Å². The maximum atomic E-state index is 13.5. The number of nitrogens with one attached hydrogen (secondary N) is 1. The van der Waals surface area contributed by atoms with Gasteiger partial charge in [0.25, 0.3) is 11.5 Å². The Labute approximate surface area is 193 Å². The Morgan fingerprint density at radius 1 is 0.970 bits per heavy atom. The van der Waals surface area contributed by atoms with Crippen molar-refractivity contribution in [3.05, 3.63) is 81.9 Å². The van der Waals surface area contributed by atoms with E-state index >= 15 is 0 Å². The molecule has 7 heteroatoms. The Hall–Kier alpha value is -3.74. The average Bonchev–Trinajstić information content (AvgIpc) is 3.18. The third-order valence-corrected chi connectivity index (χ3v) is 5.50. The number of fused-ring (bicyclic) bond motifs is 1. The molecule has 7 nitrogen and oxygen atoms in total. The van der Waals surface area contributed by atoms with Gasteiger partial charge in [-0.3, -0.25) is 9.59 Å². The van der Waals surface area contributed by atoms with Crippen LogP contribution in [0.1, 0.15) is 62.4 Å². The van der Waals surface area contributed by atoms with Crippen LogP contribution in [-0.2, 0) is 5.41 Å². The van der Waals surface area contributed by atoms with Crippen LogP contribution in [0.4, 0.5) is 5.82 Å². The molecule has 170 valence electrons. The van der Waals surface area contributed by atoms with E-state index in [1.807, 2.05) is 51.1 Å². The van der Waals surface area contributed by atoms with Crippen LogP contribution >= 0.6 is 0 Å². The van der Waals surface area contributed by atoms with Gasteiger partial charge >= 0.3 is 0 Å². The molecule has 33 heavy (non-hydrogen) atoms. The molecule has 1 N–H and O–H groups in total. The molecule has 0 radical (unpaired) electrons. The monoisotopic (exact) mass is 443 g/mol. The van der Waals surface area contributed by atoms with Crippen LogP contribution in [0.15, 0.2) is 59.4 Å². The molecule has 0 aliphatic heterocycles. The molecule has 2 heterocycles. The first-order chi connectivity index (χ1) is 15.6. The van der Waals surface area contributed by atoms with Gasteiger partial charge in [-0.15, -0.1) is 0 Å². The van der Waals surface area contributed by atoms with Crippen molar-refractivity contribution in [2.75, 3.05) is 5.32 Å². The number of aromatic nitrogens is 4. The fourth-order valence-corrected chi connectivity index (χ4v) is 3.69. The lowest BCUT2D eigenvalue weighted by Gasteiger charge is -2.14. The number of aryl methyl sites for hydroxylation is 1. The number of rotatable bonds is 4. The zero-order chi connectivity index (χ0) is 23.9. The van der Waals surface area contributed by atoms with Crippen molar-refractivity contribution in [2.24, 2.45) is 0 Å². The lowest BCUT2D eigenvalue weighted by atomic mass is 9.92. The Morgan fingerprint density at radius 3 is 2.30 bits per heavy atom. The maximum absolute atomic E-state index is 13.5. The van der Waals surface area contributed by atoms with Gasteiger partial charge in [-0.1, -0.05) is 51.1 Å². The first kappa shape index (κ1) is 22.5. The van der Waals surface area contributed by atoms with E-state index in [-0.39, 0.29) is 22.7 Å². The molecular weight excluding hydrogens is 414 g/mol. The lowest BCUT2D eigenvalue weighted by Crippen LogP contribution is -2.29. The second kappa shape index (κ2) is 8.31. The summed E-state index contributed by atoms with van der Waals surface area (Å²) in [6.45, 7) is 12.0. The molecule has 0 unspecified atom stereocenters. The molecule has 0 saturated carbocycles. The van der Waals surface area contributed by atoms with Gasteiger partial charge in [0.15, 0.2) is 5.69 Å². The van der Waals surface area contributed by atoms with Crippen LogP contribution in [0, 0.1) is 6.92 Å². The minimum atomic E-state index is -0.394. The SMILES string of the molecule is Cc1cccc(-n2nc(C(C)(C)C)cc2NC(=O)c2nn(C(C)C)c(=O)c3ccccc23)c1. The van der Waals surface area contributed by atoms with E-state index < -0.39 is 5.91 Å². The molecule has 0 spiro atoms. The fourth-order valence-electron chi connectivity index (χ4n) is 3.69. The van der Waals surface area contributed by atoms with Gasteiger partial charge in [0.2, 0.25) is 0 Å². The number of anilines is 1. The second-order valence-electron chi connectivity index (χ2n) is 9.61. The van der Waals surface area contributed by atoms with Crippen molar-refractivity contribution < 1.29 is 4.79 Å². The van der Waals surface area contributed by atoms with Crippen LogP contribution < -0.4 is 10.9 Å². The highest BCUT2D eigenvalue weighted by atomic mass is 16.2. The van der Waals surface area contributed by atoms with Crippen LogP contribution in [-0.4, -0.2) is 25.5 Å². The standard InChI is InChI=1S/C26H29N5O2/c1-16(2)30-25(33)20-13-8-7-12-19(20)23(29-30)24(32)27-22-15-21(26(4,5)6)28-31(22)18-11-9-10-17(3)14-18/h7-16H,1-6H3,(H,27,32). The second-order valence-corrected chi connectivity index (χ2v) is 9.61. The van der Waals surface area contributed by atoms with Gasteiger partial charge in [-0.2, -0.15) is 10.2 Å². The predicted molar refractivity (Wildman–Crippen MR) is 131 cm³/mol. The highest BCUT2D eigenvalue weighted by molar-refractivity contribution is 6.10. The molecule has 4 rings (SSSR count). The fraction of sp³-hybridized carbons (Fsp3) is 0.308. The molecule has 0 aliphatic carbocycles. The van der Waals surface area contributed by atoms with E-state index in [1.165, 1.54) is 4.68 Å². The first-order valence-corrected chi connectivity index (χ1v) is 11.1. The topological polar surface area (TPSA) is 81.8 Å². The number of hydrogen-bond donors (Lipinski definition) is 1. The zero-order valence-electron chi connectivity index (χ0n) is 19.9. The number of benzene rings is 2. The molecule has 4 aromatic rings. The van der Waals surface area contributed by atoms with E-state index in [4.69, 9.17) is 5.10 Å². The number of carbonyl (C=O) groups is 1. The van der Waals surface area contributed by atoms with E-state index in [2.05, 4.69) is 31.2 Å². The maximum Gasteiger partial charge on any atom is 0.277 e. The minimum absolute atomic E-state index is 0.182. The third-order valence-electron chi connectivity index (χ3n) is 5.50. The summed E-state index contributed by atoms with van der Waals surface area (Å²) >= 11 is 0. The minimum Gasteiger partial charge on any atom is -0.305 e. The molecule has 2 aromatic carbocycles. The van der Waals surface area contributed by atoms with E-state index in [1.54, 1.807) is 28.9 Å². The quantitative estimate of drug-likeness (QED) is 0.480. The number of carbonyl (C=O) groups excluding carboxylic acids is 1. The Balaban J connectivity index is 1.84. The van der Waals surface area contributed by atoms with E-state index in [0.717, 1.165) is 16.9 Å². The lowest BCUT2D eigenvalue weighted by molar-refractivity contribution is 0.102. The van der Waals surface area contributed by atoms with E-state index in [0.29, 0.717) is 16.6 Å². The molecule has 1 amide bonds. The molecule has 0 saturated heterocycles. The summed E-state index contributed by atoms with van der Waals surface area (Å²) in [5, 5.41) is 13.2. The molecular formula is C26H29N5O2. The summed E-state index contributed by atoms with van der Waals surface area (Å²) in [7, 11) is 0. The molecule has 0 aliphatic rings. The zero-order valence-corrected chi connectivity index (χ0v) is 19.9.